The second kappa shape index (κ2) is 8.25. The molecule has 0 radical (unpaired) electrons. The van der Waals surface area contributed by atoms with E-state index in [1.165, 1.54) is 20.1 Å². The van der Waals surface area contributed by atoms with Gasteiger partial charge in [0.25, 0.3) is 0 Å². The maximum Gasteiger partial charge on any atom is 0.243 e. The molecule has 1 amide bonds. The minimum atomic E-state index is -3.75. The van der Waals surface area contributed by atoms with Gasteiger partial charge in [-0.2, -0.15) is 0 Å². The van der Waals surface area contributed by atoms with E-state index in [-0.39, 0.29) is 11.8 Å². The van der Waals surface area contributed by atoms with Gasteiger partial charge in [0.15, 0.2) is 0 Å². The van der Waals surface area contributed by atoms with Crippen LogP contribution >= 0.6 is 11.6 Å². The van der Waals surface area contributed by atoms with E-state index in [0.717, 1.165) is 23.4 Å². The van der Waals surface area contributed by atoms with E-state index in [2.05, 4.69) is 5.32 Å². The van der Waals surface area contributed by atoms with Crippen LogP contribution in [0, 0.1) is 0 Å². The van der Waals surface area contributed by atoms with Crippen LogP contribution in [-0.4, -0.2) is 53.0 Å². The zero-order valence-electron chi connectivity index (χ0n) is 14.5. The molecular formula is C16H23ClN2O5S. The molecule has 2 atom stereocenters. The number of carbonyl (C=O) groups is 1. The van der Waals surface area contributed by atoms with Crippen LogP contribution in [0.1, 0.15) is 19.8 Å². The van der Waals surface area contributed by atoms with Crippen LogP contribution in [0.5, 0.6) is 5.75 Å². The number of benzene rings is 1. The first-order chi connectivity index (χ1) is 11.7. The third-order valence-corrected chi connectivity index (χ3v) is 5.46. The molecule has 1 fully saturated rings. The molecule has 1 aliphatic rings. The first-order valence-corrected chi connectivity index (χ1v) is 10.2. The van der Waals surface area contributed by atoms with Crippen LogP contribution in [-0.2, 0) is 19.6 Å². The second-order valence-electron chi connectivity index (χ2n) is 5.93. The normalized spacial score (nSPS) is 18.6. The first kappa shape index (κ1) is 19.8. The Morgan fingerprint density at radius 3 is 2.80 bits per heavy atom. The van der Waals surface area contributed by atoms with E-state index in [4.69, 9.17) is 21.1 Å². The predicted octanol–water partition coefficient (Wildman–Crippen LogP) is 1.80. The molecular weight excluding hydrogens is 368 g/mol. The van der Waals surface area contributed by atoms with Gasteiger partial charge in [-0.15, -0.1) is 0 Å². The Kier molecular flexibility index (Phi) is 6.53. The summed E-state index contributed by atoms with van der Waals surface area (Å²) in [6.45, 7) is 2.56. The third-order valence-electron chi connectivity index (χ3n) is 3.99. The van der Waals surface area contributed by atoms with Crippen molar-refractivity contribution in [1.82, 2.24) is 5.32 Å². The van der Waals surface area contributed by atoms with Gasteiger partial charge in [-0.05, 0) is 38.0 Å². The highest BCUT2D eigenvalue weighted by atomic mass is 35.5. The van der Waals surface area contributed by atoms with E-state index in [0.29, 0.717) is 23.9 Å². The summed E-state index contributed by atoms with van der Waals surface area (Å²) in [6, 6.07) is 3.65. The number of rotatable bonds is 7. The summed E-state index contributed by atoms with van der Waals surface area (Å²) in [7, 11) is -2.32. The molecule has 0 spiro atoms. The van der Waals surface area contributed by atoms with Crippen molar-refractivity contribution in [2.24, 2.45) is 0 Å². The fraction of sp³-hybridized carbons (Fsp3) is 0.562. The standard InChI is InChI=1S/C16H23ClN2O5S/c1-11(16(20)18-10-13-5-4-8-24-13)19(25(3,21)22)14-9-12(17)6-7-15(14)23-2/h6-7,9,11,13H,4-5,8,10H2,1-3H3,(H,18,20)/t11-,13-/m0/s1. The number of hydrogen-bond donors (Lipinski definition) is 1. The highest BCUT2D eigenvalue weighted by Crippen LogP contribution is 2.34. The maximum absolute atomic E-state index is 12.5. The Balaban J connectivity index is 2.25. The van der Waals surface area contributed by atoms with Crippen LogP contribution in [0.25, 0.3) is 0 Å². The summed E-state index contributed by atoms with van der Waals surface area (Å²) < 4.78 is 36.4. The zero-order valence-corrected chi connectivity index (χ0v) is 16.1. The van der Waals surface area contributed by atoms with Crippen molar-refractivity contribution in [3.05, 3.63) is 23.2 Å². The van der Waals surface area contributed by atoms with Gasteiger partial charge in [0.2, 0.25) is 15.9 Å². The molecule has 1 saturated heterocycles. The molecule has 0 aromatic heterocycles. The Morgan fingerprint density at radius 1 is 1.52 bits per heavy atom. The fourth-order valence-electron chi connectivity index (χ4n) is 2.78. The number of nitrogens with zero attached hydrogens (tertiary/aromatic N) is 1. The van der Waals surface area contributed by atoms with Crippen LogP contribution < -0.4 is 14.4 Å². The minimum absolute atomic E-state index is 0.0245. The maximum atomic E-state index is 12.5. The van der Waals surface area contributed by atoms with Gasteiger partial charge in [-0.25, -0.2) is 8.42 Å². The quantitative estimate of drug-likeness (QED) is 0.767. The number of carbonyl (C=O) groups excluding carboxylic acids is 1. The summed E-state index contributed by atoms with van der Waals surface area (Å²) in [5.74, 6) is -0.100. The summed E-state index contributed by atoms with van der Waals surface area (Å²) in [5, 5.41) is 3.10. The zero-order chi connectivity index (χ0) is 18.6. The molecule has 9 heteroatoms. The van der Waals surface area contributed by atoms with Crippen molar-refractivity contribution in [1.29, 1.82) is 0 Å². The highest BCUT2D eigenvalue weighted by Gasteiger charge is 2.32. The Hall–Kier alpha value is -1.51. The van der Waals surface area contributed by atoms with E-state index in [9.17, 15) is 13.2 Å². The summed E-state index contributed by atoms with van der Waals surface area (Å²) >= 11 is 6.01. The molecule has 2 rings (SSSR count). The van der Waals surface area contributed by atoms with Crippen molar-refractivity contribution in [3.63, 3.8) is 0 Å². The molecule has 140 valence electrons. The Morgan fingerprint density at radius 2 is 2.24 bits per heavy atom. The fourth-order valence-corrected chi connectivity index (χ4v) is 4.12. The summed E-state index contributed by atoms with van der Waals surface area (Å²) in [6.07, 6.45) is 2.86. The lowest BCUT2D eigenvalue weighted by molar-refractivity contribution is -0.122. The molecule has 7 nitrogen and oxygen atoms in total. The lowest BCUT2D eigenvalue weighted by atomic mass is 10.2. The molecule has 0 saturated carbocycles. The van der Waals surface area contributed by atoms with Gasteiger partial charge in [-0.1, -0.05) is 11.6 Å². The largest absolute Gasteiger partial charge is 0.495 e. The first-order valence-electron chi connectivity index (χ1n) is 7.96. The van der Waals surface area contributed by atoms with Crippen molar-refractivity contribution < 1.29 is 22.7 Å². The molecule has 0 aliphatic carbocycles. The van der Waals surface area contributed by atoms with Crippen LogP contribution in [0.3, 0.4) is 0 Å². The molecule has 25 heavy (non-hydrogen) atoms. The van der Waals surface area contributed by atoms with Crippen molar-refractivity contribution in [2.75, 3.05) is 30.8 Å². The van der Waals surface area contributed by atoms with Gasteiger partial charge in [-0.3, -0.25) is 9.10 Å². The van der Waals surface area contributed by atoms with Crippen LogP contribution in [0.2, 0.25) is 5.02 Å². The highest BCUT2D eigenvalue weighted by molar-refractivity contribution is 7.92. The lowest BCUT2D eigenvalue weighted by Gasteiger charge is -2.29. The van der Waals surface area contributed by atoms with Gasteiger partial charge >= 0.3 is 0 Å². The van der Waals surface area contributed by atoms with Gasteiger partial charge in [0, 0.05) is 18.2 Å². The molecule has 1 N–H and O–H groups in total. The Bertz CT molecular complexity index is 719. The smallest absolute Gasteiger partial charge is 0.243 e. The SMILES string of the molecule is COc1ccc(Cl)cc1N([C@@H](C)C(=O)NC[C@@H]1CCCO1)S(C)(=O)=O. The molecule has 0 unspecified atom stereocenters. The minimum Gasteiger partial charge on any atom is -0.495 e. The van der Waals surface area contributed by atoms with Gasteiger partial charge in [0.1, 0.15) is 11.8 Å². The molecule has 1 aliphatic heterocycles. The van der Waals surface area contributed by atoms with Gasteiger partial charge < -0.3 is 14.8 Å². The number of methoxy groups -OCH3 is 1. The van der Waals surface area contributed by atoms with Crippen molar-refractivity contribution in [2.45, 2.75) is 31.9 Å². The van der Waals surface area contributed by atoms with Crippen molar-refractivity contribution >= 4 is 33.2 Å². The lowest BCUT2D eigenvalue weighted by Crippen LogP contribution is -2.49. The third kappa shape index (κ3) is 4.99. The average molecular weight is 391 g/mol. The Labute approximate surface area is 153 Å². The number of anilines is 1. The van der Waals surface area contributed by atoms with E-state index in [1.807, 2.05) is 0 Å². The molecule has 1 aromatic rings. The number of ether oxygens (including phenoxy) is 2. The monoisotopic (exact) mass is 390 g/mol. The van der Waals surface area contributed by atoms with Crippen LogP contribution in [0.15, 0.2) is 18.2 Å². The summed E-state index contributed by atoms with van der Waals surface area (Å²) in [5.41, 5.74) is 0.220. The number of sulfonamides is 1. The van der Waals surface area contributed by atoms with E-state index in [1.54, 1.807) is 12.1 Å². The number of halogens is 1. The number of amides is 1. The number of nitrogens with one attached hydrogen (secondary N) is 1. The molecule has 1 aromatic carbocycles. The van der Waals surface area contributed by atoms with Gasteiger partial charge in [0.05, 0.1) is 25.2 Å². The van der Waals surface area contributed by atoms with E-state index < -0.39 is 22.0 Å². The molecule has 1 heterocycles. The predicted molar refractivity (Wildman–Crippen MR) is 96.8 cm³/mol. The second-order valence-corrected chi connectivity index (χ2v) is 8.23. The van der Waals surface area contributed by atoms with Crippen LogP contribution in [0.4, 0.5) is 5.69 Å². The topological polar surface area (TPSA) is 84.9 Å². The van der Waals surface area contributed by atoms with Crippen molar-refractivity contribution in [3.8, 4) is 5.75 Å². The summed E-state index contributed by atoms with van der Waals surface area (Å²) in [4.78, 5) is 12.5. The number of hydrogen-bond acceptors (Lipinski definition) is 5. The molecule has 0 bridgehead atoms. The van der Waals surface area contributed by atoms with E-state index >= 15 is 0 Å². The average Bonchev–Trinajstić information content (AvgIpc) is 3.05.